The van der Waals surface area contributed by atoms with E-state index in [2.05, 4.69) is 70.2 Å². The van der Waals surface area contributed by atoms with Crippen LogP contribution in [0.5, 0.6) is 0 Å². The van der Waals surface area contributed by atoms with Crippen molar-refractivity contribution in [3.8, 4) is 0 Å². The van der Waals surface area contributed by atoms with E-state index in [1.54, 1.807) is 0 Å². The molecule has 3 rings (SSSR count). The molecule has 1 aromatic rings. The normalized spacial score (nSPS) is 23.3. The van der Waals surface area contributed by atoms with Crippen LogP contribution in [-0.2, 0) is 16.1 Å². The number of unbranched alkanes of at least 4 members (excludes halogenated alkanes) is 12. The zero-order chi connectivity index (χ0) is 27.3. The van der Waals surface area contributed by atoms with Gasteiger partial charge in [0.1, 0.15) is 0 Å². The van der Waals surface area contributed by atoms with Gasteiger partial charge in [-0.25, -0.2) is 0 Å². The van der Waals surface area contributed by atoms with Gasteiger partial charge in [0, 0.05) is 12.0 Å². The number of ketones is 1. The third-order valence-electron chi connectivity index (χ3n) is 9.74. The molecule has 0 heterocycles. The van der Waals surface area contributed by atoms with Gasteiger partial charge in [-0.05, 0) is 79.1 Å². The van der Waals surface area contributed by atoms with Crippen molar-refractivity contribution in [3.05, 3.63) is 53.1 Å². The van der Waals surface area contributed by atoms with Gasteiger partial charge in [-0.1, -0.05) is 122 Å². The molecule has 0 N–H and O–H groups in total. The van der Waals surface area contributed by atoms with E-state index in [-0.39, 0.29) is 10.8 Å². The van der Waals surface area contributed by atoms with E-state index >= 15 is 0 Å². The molecule has 0 aliphatic heterocycles. The van der Waals surface area contributed by atoms with Gasteiger partial charge in [0.15, 0.2) is 5.78 Å². The van der Waals surface area contributed by atoms with Crippen LogP contribution in [0.3, 0.4) is 0 Å². The van der Waals surface area contributed by atoms with E-state index < -0.39 is 0 Å². The van der Waals surface area contributed by atoms with Crippen molar-refractivity contribution >= 4 is 11.9 Å². The Bertz CT molecular complexity index is 890. The minimum absolute atomic E-state index is 0.0771. The molecule has 0 saturated heterocycles. The fraction of sp³-hybridized carbons (Fsp3) is 0.694. The van der Waals surface area contributed by atoms with Crippen molar-refractivity contribution in [2.75, 3.05) is 6.61 Å². The number of rotatable bonds is 19. The van der Waals surface area contributed by atoms with Crippen molar-refractivity contribution in [1.82, 2.24) is 0 Å². The topological polar surface area (TPSA) is 26.3 Å². The number of ether oxygens (including phenoxy) is 1. The predicted octanol–water partition coefficient (Wildman–Crippen LogP) is 10.6. The number of fused-ring (bicyclic) bond motifs is 2. The monoisotopic (exact) mass is 520 g/mol. The molecule has 2 atom stereocenters. The number of hydrogen-bond donors (Lipinski definition) is 0. The fourth-order valence-corrected chi connectivity index (χ4v) is 6.63. The average molecular weight is 521 g/mol. The molecular weight excluding hydrogens is 464 g/mol. The van der Waals surface area contributed by atoms with Crippen LogP contribution in [0.4, 0.5) is 0 Å². The van der Waals surface area contributed by atoms with E-state index in [9.17, 15) is 4.79 Å². The van der Waals surface area contributed by atoms with Gasteiger partial charge in [0.2, 0.25) is 0 Å². The molecular formula is C36H56O2. The summed E-state index contributed by atoms with van der Waals surface area (Å²) in [7, 11) is 0. The van der Waals surface area contributed by atoms with Gasteiger partial charge < -0.3 is 4.74 Å². The van der Waals surface area contributed by atoms with E-state index in [0.29, 0.717) is 18.3 Å². The van der Waals surface area contributed by atoms with Crippen molar-refractivity contribution in [1.29, 1.82) is 0 Å². The maximum absolute atomic E-state index is 13.1. The van der Waals surface area contributed by atoms with Gasteiger partial charge in [-0.2, -0.15) is 0 Å². The summed E-state index contributed by atoms with van der Waals surface area (Å²) in [6.07, 6.45) is 27.8. The highest BCUT2D eigenvalue weighted by atomic mass is 16.5. The molecule has 212 valence electrons. The lowest BCUT2D eigenvalue weighted by Crippen LogP contribution is -2.32. The van der Waals surface area contributed by atoms with Crippen molar-refractivity contribution in [3.63, 3.8) is 0 Å². The van der Waals surface area contributed by atoms with Gasteiger partial charge in [-0.15, -0.1) is 0 Å². The van der Waals surface area contributed by atoms with E-state index in [1.165, 1.54) is 89.0 Å². The van der Waals surface area contributed by atoms with Gasteiger partial charge in [0.05, 0.1) is 6.61 Å². The molecule has 2 unspecified atom stereocenters. The highest BCUT2D eigenvalue weighted by molar-refractivity contribution is 6.07. The van der Waals surface area contributed by atoms with Crippen LogP contribution < -0.4 is 0 Å². The maximum Gasteiger partial charge on any atom is 0.165 e. The molecule has 2 heteroatoms. The number of hydrogen-bond acceptors (Lipinski definition) is 2. The quantitative estimate of drug-likeness (QED) is 0.103. The highest BCUT2D eigenvalue weighted by Crippen LogP contribution is 2.65. The molecule has 2 aliphatic carbocycles. The Kier molecular flexibility index (Phi) is 12.8. The summed E-state index contributed by atoms with van der Waals surface area (Å²) in [4.78, 5) is 13.1. The Morgan fingerprint density at radius 3 is 1.97 bits per heavy atom. The van der Waals surface area contributed by atoms with E-state index in [0.717, 1.165) is 37.0 Å². The van der Waals surface area contributed by atoms with Crippen molar-refractivity contribution < 1.29 is 9.53 Å². The molecule has 2 nitrogen and oxygen atoms in total. The van der Waals surface area contributed by atoms with Crippen LogP contribution in [0.2, 0.25) is 0 Å². The lowest BCUT2D eigenvalue weighted by Gasteiger charge is -2.31. The SMILES string of the molecule is CCCCCCCCC=CCCCCCCCCOCc1ccc(C=C2C(=O)C3(C)CCC2C3(C)C)cc1. The van der Waals surface area contributed by atoms with Gasteiger partial charge in [-0.3, -0.25) is 4.79 Å². The van der Waals surface area contributed by atoms with Crippen LogP contribution in [0.1, 0.15) is 142 Å². The summed E-state index contributed by atoms with van der Waals surface area (Å²) in [5.41, 5.74) is 3.29. The Morgan fingerprint density at radius 1 is 0.816 bits per heavy atom. The molecule has 0 amide bonds. The van der Waals surface area contributed by atoms with E-state index in [4.69, 9.17) is 4.74 Å². The number of benzene rings is 1. The number of carbonyl (C=O) groups is 1. The molecule has 2 saturated carbocycles. The highest BCUT2D eigenvalue weighted by Gasteiger charge is 2.63. The van der Waals surface area contributed by atoms with Crippen LogP contribution in [0.25, 0.3) is 6.08 Å². The summed E-state index contributed by atoms with van der Waals surface area (Å²) in [6, 6.07) is 8.59. The van der Waals surface area contributed by atoms with Crippen LogP contribution in [-0.4, -0.2) is 12.4 Å². The summed E-state index contributed by atoms with van der Waals surface area (Å²) in [6.45, 7) is 10.5. The molecule has 0 radical (unpaired) electrons. The molecule has 0 spiro atoms. The number of carbonyl (C=O) groups excluding carboxylic acids is 1. The summed E-state index contributed by atoms with van der Waals surface area (Å²) >= 11 is 0. The standard InChI is InChI=1S/C36H56O2/c1-5-6-7-8-9-10-11-12-13-14-15-16-17-18-19-20-27-38-29-31-23-21-30(22-24-31)28-32-33-25-26-36(4,34(32)37)35(33,2)3/h12-13,21-24,28,33H,5-11,14-20,25-27,29H2,1-4H3. The predicted molar refractivity (Wildman–Crippen MR) is 163 cm³/mol. The Balaban J connectivity index is 1.18. The first-order chi connectivity index (χ1) is 18.4. The molecule has 1 aromatic carbocycles. The van der Waals surface area contributed by atoms with Crippen molar-refractivity contribution in [2.24, 2.45) is 16.7 Å². The average Bonchev–Trinajstić information content (AvgIpc) is 3.22. The summed E-state index contributed by atoms with van der Waals surface area (Å²) < 4.78 is 5.93. The van der Waals surface area contributed by atoms with Crippen LogP contribution >= 0.6 is 0 Å². The van der Waals surface area contributed by atoms with Crippen LogP contribution in [0, 0.1) is 16.7 Å². The van der Waals surface area contributed by atoms with Crippen molar-refractivity contribution in [2.45, 2.75) is 137 Å². The lowest BCUT2D eigenvalue weighted by molar-refractivity contribution is -0.125. The molecule has 2 fully saturated rings. The minimum Gasteiger partial charge on any atom is -0.377 e. The fourth-order valence-electron chi connectivity index (χ4n) is 6.63. The largest absolute Gasteiger partial charge is 0.377 e. The second-order valence-corrected chi connectivity index (χ2v) is 12.8. The second kappa shape index (κ2) is 15.8. The summed E-state index contributed by atoms with van der Waals surface area (Å²) in [5, 5.41) is 0. The Morgan fingerprint density at radius 2 is 1.39 bits per heavy atom. The molecule has 0 aromatic heterocycles. The lowest BCUT2D eigenvalue weighted by atomic mass is 9.70. The second-order valence-electron chi connectivity index (χ2n) is 12.8. The number of allylic oxidation sites excluding steroid dienone is 3. The zero-order valence-corrected chi connectivity index (χ0v) is 25.2. The molecule has 38 heavy (non-hydrogen) atoms. The molecule has 2 aliphatic rings. The van der Waals surface area contributed by atoms with Gasteiger partial charge in [0.25, 0.3) is 0 Å². The maximum atomic E-state index is 13.1. The minimum atomic E-state index is -0.179. The first kappa shape index (κ1) is 30.9. The smallest absolute Gasteiger partial charge is 0.165 e. The Labute approximate surface area is 234 Å². The summed E-state index contributed by atoms with van der Waals surface area (Å²) in [5.74, 6) is 0.779. The number of Topliss-reactive ketones (excluding diaryl/α,β-unsaturated/α-hetero) is 1. The van der Waals surface area contributed by atoms with E-state index in [1.807, 2.05) is 0 Å². The first-order valence-electron chi connectivity index (χ1n) is 16.0. The van der Waals surface area contributed by atoms with Crippen LogP contribution in [0.15, 0.2) is 42.0 Å². The third kappa shape index (κ3) is 8.41. The third-order valence-corrected chi connectivity index (χ3v) is 9.74. The first-order valence-corrected chi connectivity index (χ1v) is 16.0. The Hall–Kier alpha value is -1.67. The van der Waals surface area contributed by atoms with Gasteiger partial charge >= 0.3 is 0 Å². The zero-order valence-electron chi connectivity index (χ0n) is 25.2. The molecule has 2 bridgehead atoms.